The van der Waals surface area contributed by atoms with Crippen LogP contribution in [-0.4, -0.2) is 45.9 Å². The number of ether oxygens (including phenoxy) is 4. The molecule has 0 radical (unpaired) electrons. The maximum absolute atomic E-state index is 6.65. The fourth-order valence-electron chi connectivity index (χ4n) is 6.18. The molecule has 2 fully saturated rings. The van der Waals surface area contributed by atoms with E-state index < -0.39 is 0 Å². The predicted octanol–water partition coefficient (Wildman–Crippen LogP) is 6.43. The number of rotatable bonds is 8. The molecule has 2 atom stereocenters. The highest BCUT2D eigenvalue weighted by Crippen LogP contribution is 2.36. The van der Waals surface area contributed by atoms with E-state index in [1.165, 1.54) is 0 Å². The lowest BCUT2D eigenvalue weighted by Gasteiger charge is -2.24. The zero-order valence-electron chi connectivity index (χ0n) is 24.0. The SMILES string of the molecule is COc1ccc(Cn2c(COC3CCCCO3)cc3c(N)nc4cc(-c5ccnn5C5CCCCO5)ccc4c32)cc1. The Morgan fingerprint density at radius 3 is 2.52 bits per heavy atom. The second-order valence-corrected chi connectivity index (χ2v) is 11.2. The van der Waals surface area contributed by atoms with Crippen molar-refractivity contribution in [2.24, 2.45) is 0 Å². The lowest BCUT2D eigenvalue weighted by Crippen LogP contribution is -2.22. The Labute approximate surface area is 245 Å². The summed E-state index contributed by atoms with van der Waals surface area (Å²) in [7, 11) is 1.68. The van der Waals surface area contributed by atoms with E-state index in [0.29, 0.717) is 19.0 Å². The van der Waals surface area contributed by atoms with Gasteiger partial charge in [-0.1, -0.05) is 24.3 Å². The van der Waals surface area contributed by atoms with Gasteiger partial charge in [0.1, 0.15) is 11.6 Å². The average Bonchev–Trinajstić information content (AvgIpc) is 3.67. The number of methoxy groups -OCH3 is 1. The summed E-state index contributed by atoms with van der Waals surface area (Å²) in [6.45, 7) is 2.59. The van der Waals surface area contributed by atoms with Crippen LogP contribution in [0.15, 0.2) is 60.8 Å². The van der Waals surface area contributed by atoms with E-state index in [1.54, 1.807) is 7.11 Å². The molecule has 2 aliphatic rings. The third-order valence-electron chi connectivity index (χ3n) is 8.40. The average molecular weight is 568 g/mol. The highest BCUT2D eigenvalue weighted by Gasteiger charge is 2.22. The molecule has 2 N–H and O–H groups in total. The Morgan fingerprint density at radius 1 is 0.929 bits per heavy atom. The van der Waals surface area contributed by atoms with Gasteiger partial charge < -0.3 is 29.2 Å². The molecule has 7 rings (SSSR count). The van der Waals surface area contributed by atoms with Crippen molar-refractivity contribution < 1.29 is 18.9 Å². The van der Waals surface area contributed by atoms with Gasteiger partial charge in [0.05, 0.1) is 30.4 Å². The molecule has 2 unspecified atom stereocenters. The van der Waals surface area contributed by atoms with Gasteiger partial charge in [0.15, 0.2) is 12.5 Å². The van der Waals surface area contributed by atoms with Crippen LogP contribution < -0.4 is 10.5 Å². The van der Waals surface area contributed by atoms with E-state index in [1.807, 2.05) is 29.1 Å². The third kappa shape index (κ3) is 5.24. The van der Waals surface area contributed by atoms with Crippen molar-refractivity contribution in [1.82, 2.24) is 19.3 Å². The van der Waals surface area contributed by atoms with Crippen LogP contribution in [0.25, 0.3) is 33.1 Å². The van der Waals surface area contributed by atoms with Gasteiger partial charge in [-0.15, -0.1) is 0 Å². The first-order chi connectivity index (χ1) is 20.7. The molecular weight excluding hydrogens is 530 g/mol. The van der Waals surface area contributed by atoms with Crippen LogP contribution in [0.4, 0.5) is 5.82 Å². The smallest absolute Gasteiger partial charge is 0.158 e. The van der Waals surface area contributed by atoms with Crippen LogP contribution in [0.2, 0.25) is 0 Å². The molecule has 0 aliphatic carbocycles. The summed E-state index contributed by atoms with van der Waals surface area (Å²) in [6.07, 6.45) is 7.93. The lowest BCUT2D eigenvalue weighted by molar-refractivity contribution is -0.169. The van der Waals surface area contributed by atoms with Gasteiger partial charge in [0.2, 0.25) is 0 Å². The summed E-state index contributed by atoms with van der Waals surface area (Å²) in [5.41, 5.74) is 12.8. The molecule has 42 heavy (non-hydrogen) atoms. The van der Waals surface area contributed by atoms with E-state index in [4.69, 9.17) is 29.7 Å². The summed E-state index contributed by atoms with van der Waals surface area (Å²) >= 11 is 0. The molecule has 2 aromatic carbocycles. The molecule has 0 saturated carbocycles. The molecule has 5 aromatic rings. The Balaban J connectivity index is 1.31. The van der Waals surface area contributed by atoms with Gasteiger partial charge >= 0.3 is 0 Å². The van der Waals surface area contributed by atoms with E-state index in [2.05, 4.69) is 46.1 Å². The lowest BCUT2D eigenvalue weighted by atomic mass is 10.1. The minimum absolute atomic E-state index is 0.0441. The molecule has 9 heteroatoms. The molecule has 0 amide bonds. The maximum atomic E-state index is 6.65. The van der Waals surface area contributed by atoms with Crippen LogP contribution in [0.5, 0.6) is 5.75 Å². The van der Waals surface area contributed by atoms with Crippen molar-refractivity contribution in [3.05, 3.63) is 72.1 Å². The van der Waals surface area contributed by atoms with Gasteiger partial charge in [0, 0.05) is 48.0 Å². The summed E-state index contributed by atoms with van der Waals surface area (Å²) < 4.78 is 27.8. The van der Waals surface area contributed by atoms with Gasteiger partial charge in [-0.2, -0.15) is 5.10 Å². The number of benzene rings is 2. The second-order valence-electron chi connectivity index (χ2n) is 11.2. The minimum Gasteiger partial charge on any atom is -0.497 e. The summed E-state index contributed by atoms with van der Waals surface area (Å²) in [6, 6.07) is 18.7. The molecular formula is C33H37N5O4. The van der Waals surface area contributed by atoms with Crippen LogP contribution in [0.1, 0.15) is 56.0 Å². The van der Waals surface area contributed by atoms with Crippen LogP contribution >= 0.6 is 0 Å². The van der Waals surface area contributed by atoms with Gasteiger partial charge in [-0.3, -0.25) is 0 Å². The molecule has 3 aromatic heterocycles. The summed E-state index contributed by atoms with van der Waals surface area (Å²) in [5.74, 6) is 1.33. The van der Waals surface area contributed by atoms with Crippen molar-refractivity contribution in [1.29, 1.82) is 0 Å². The second kappa shape index (κ2) is 11.8. The van der Waals surface area contributed by atoms with Crippen LogP contribution in [0, 0.1) is 0 Å². The Bertz CT molecular complexity index is 1680. The van der Waals surface area contributed by atoms with Crippen LogP contribution in [-0.2, 0) is 27.4 Å². The van der Waals surface area contributed by atoms with Gasteiger partial charge in [0.25, 0.3) is 0 Å². The van der Waals surface area contributed by atoms with Crippen molar-refractivity contribution in [3.63, 3.8) is 0 Å². The van der Waals surface area contributed by atoms with Crippen molar-refractivity contribution in [3.8, 4) is 17.0 Å². The standard InChI is InChI=1S/C33H37N5O4/c1-39-25-11-8-22(9-12-25)20-37-24(21-42-31-7-3-5-17-41-31)19-27-32(37)26-13-10-23(18-28(26)36-33(27)34)29-14-15-35-38(29)30-6-2-4-16-40-30/h8-15,18-19,30-31H,2-7,16-17,20-21H2,1H3,(H2,34,36). The number of hydrogen-bond acceptors (Lipinski definition) is 7. The Morgan fingerprint density at radius 2 is 1.76 bits per heavy atom. The van der Waals surface area contributed by atoms with Crippen LogP contribution in [0.3, 0.4) is 0 Å². The number of nitrogen functional groups attached to an aromatic ring is 1. The van der Waals surface area contributed by atoms with Gasteiger partial charge in [-0.05, 0) is 74.4 Å². The first kappa shape index (κ1) is 26.9. The zero-order valence-corrected chi connectivity index (χ0v) is 24.0. The zero-order chi connectivity index (χ0) is 28.5. The summed E-state index contributed by atoms with van der Waals surface area (Å²) in [5, 5.41) is 6.57. The predicted molar refractivity (Wildman–Crippen MR) is 162 cm³/mol. The molecule has 0 bridgehead atoms. The largest absolute Gasteiger partial charge is 0.497 e. The van der Waals surface area contributed by atoms with Crippen molar-refractivity contribution >= 4 is 27.6 Å². The number of anilines is 1. The number of aromatic nitrogens is 4. The summed E-state index contributed by atoms with van der Waals surface area (Å²) in [4.78, 5) is 4.87. The first-order valence-electron chi connectivity index (χ1n) is 14.9. The van der Waals surface area contributed by atoms with E-state index in [0.717, 1.165) is 102 Å². The Hall–Kier alpha value is -3.92. The topological polar surface area (TPSA) is 98.6 Å². The number of nitrogens with two attached hydrogens (primary N) is 1. The number of pyridine rings is 1. The molecule has 218 valence electrons. The van der Waals surface area contributed by atoms with Gasteiger partial charge in [-0.25, -0.2) is 9.67 Å². The molecule has 5 heterocycles. The highest BCUT2D eigenvalue weighted by molar-refractivity contribution is 6.09. The normalized spacial score (nSPS) is 19.5. The molecule has 2 saturated heterocycles. The maximum Gasteiger partial charge on any atom is 0.158 e. The first-order valence-corrected chi connectivity index (χ1v) is 14.9. The number of hydrogen-bond donors (Lipinski definition) is 1. The van der Waals surface area contributed by atoms with E-state index in [-0.39, 0.29) is 12.5 Å². The minimum atomic E-state index is -0.182. The highest BCUT2D eigenvalue weighted by atomic mass is 16.7. The quantitative estimate of drug-likeness (QED) is 0.231. The molecule has 9 nitrogen and oxygen atoms in total. The fraction of sp³-hybridized carbons (Fsp3) is 0.394. The Kier molecular flexibility index (Phi) is 7.54. The van der Waals surface area contributed by atoms with Crippen molar-refractivity contribution in [2.75, 3.05) is 26.1 Å². The third-order valence-corrected chi connectivity index (χ3v) is 8.40. The monoisotopic (exact) mass is 567 g/mol. The van der Waals surface area contributed by atoms with E-state index >= 15 is 0 Å². The number of nitrogens with zero attached hydrogens (tertiary/aromatic N) is 4. The fourth-order valence-corrected chi connectivity index (χ4v) is 6.18. The van der Waals surface area contributed by atoms with E-state index in [9.17, 15) is 0 Å². The number of fused-ring (bicyclic) bond motifs is 3. The molecule has 2 aliphatic heterocycles. The van der Waals surface area contributed by atoms with Crippen molar-refractivity contribution in [2.45, 2.75) is 64.2 Å². The molecule has 0 spiro atoms.